The van der Waals surface area contributed by atoms with Crippen molar-refractivity contribution >= 4 is 15.9 Å². The first-order valence-electron chi connectivity index (χ1n) is 6.81. The van der Waals surface area contributed by atoms with Crippen molar-refractivity contribution in [3.63, 3.8) is 0 Å². The van der Waals surface area contributed by atoms with Crippen LogP contribution in [0.4, 0.5) is 0 Å². The van der Waals surface area contributed by atoms with E-state index < -0.39 is 0 Å². The van der Waals surface area contributed by atoms with Gasteiger partial charge in [0.15, 0.2) is 0 Å². The molecular formula is C15H22BrNO. The van der Waals surface area contributed by atoms with Crippen LogP contribution in [0.25, 0.3) is 0 Å². The zero-order chi connectivity index (χ0) is 13.0. The summed E-state index contributed by atoms with van der Waals surface area (Å²) in [5.41, 5.74) is 2.99. The molecule has 0 fully saturated rings. The van der Waals surface area contributed by atoms with E-state index in [-0.39, 0.29) is 0 Å². The van der Waals surface area contributed by atoms with E-state index in [2.05, 4.69) is 46.4 Å². The molecule has 0 bridgehead atoms. The lowest BCUT2D eigenvalue weighted by Crippen LogP contribution is -2.39. The minimum Gasteiger partial charge on any atom is -0.377 e. The molecule has 1 aromatic rings. The van der Waals surface area contributed by atoms with Crippen molar-refractivity contribution in [1.29, 1.82) is 0 Å². The monoisotopic (exact) mass is 311 g/mol. The Labute approximate surface area is 118 Å². The van der Waals surface area contributed by atoms with Crippen LogP contribution in [0.1, 0.15) is 31.4 Å². The molecule has 100 valence electrons. The zero-order valence-corrected chi connectivity index (χ0v) is 12.8. The van der Waals surface area contributed by atoms with Crippen molar-refractivity contribution in [1.82, 2.24) is 5.32 Å². The largest absolute Gasteiger partial charge is 0.377 e. The summed E-state index contributed by atoms with van der Waals surface area (Å²) in [7, 11) is 0. The fourth-order valence-electron chi connectivity index (χ4n) is 2.57. The van der Waals surface area contributed by atoms with Gasteiger partial charge in [-0.2, -0.15) is 0 Å². The first-order valence-corrected chi connectivity index (χ1v) is 7.60. The highest BCUT2D eigenvalue weighted by Gasteiger charge is 2.18. The molecule has 0 heterocycles. The zero-order valence-electron chi connectivity index (χ0n) is 11.2. The van der Waals surface area contributed by atoms with Gasteiger partial charge in [0.2, 0.25) is 0 Å². The van der Waals surface area contributed by atoms with Crippen molar-refractivity contribution < 1.29 is 4.74 Å². The Hall–Kier alpha value is -0.380. The SMILES string of the molecule is CCOC(C)CNC1CCc2cc(Br)ccc2C1. The number of halogens is 1. The van der Waals surface area contributed by atoms with E-state index in [1.807, 2.05) is 6.92 Å². The molecule has 2 nitrogen and oxygen atoms in total. The molecule has 0 saturated heterocycles. The summed E-state index contributed by atoms with van der Waals surface area (Å²) in [5, 5.41) is 3.62. The van der Waals surface area contributed by atoms with Gasteiger partial charge in [0.1, 0.15) is 0 Å². The molecule has 18 heavy (non-hydrogen) atoms. The number of benzene rings is 1. The Morgan fingerprint density at radius 3 is 3.06 bits per heavy atom. The molecule has 1 N–H and O–H groups in total. The van der Waals surface area contributed by atoms with Crippen LogP contribution in [0, 0.1) is 0 Å². The highest BCUT2D eigenvalue weighted by atomic mass is 79.9. The van der Waals surface area contributed by atoms with E-state index in [9.17, 15) is 0 Å². The van der Waals surface area contributed by atoms with Gasteiger partial charge in [-0.3, -0.25) is 0 Å². The van der Waals surface area contributed by atoms with Crippen LogP contribution in [0.2, 0.25) is 0 Å². The van der Waals surface area contributed by atoms with Crippen molar-refractivity contribution in [2.45, 2.75) is 45.3 Å². The predicted octanol–water partition coefficient (Wildman–Crippen LogP) is 3.32. The van der Waals surface area contributed by atoms with E-state index in [0.29, 0.717) is 12.1 Å². The maximum Gasteiger partial charge on any atom is 0.0671 e. The molecule has 1 aromatic carbocycles. The molecule has 0 saturated carbocycles. The molecule has 2 atom stereocenters. The maximum absolute atomic E-state index is 5.55. The molecule has 0 aromatic heterocycles. The summed E-state index contributed by atoms with van der Waals surface area (Å²) in [6.07, 6.45) is 3.85. The van der Waals surface area contributed by atoms with Gasteiger partial charge in [0.25, 0.3) is 0 Å². The van der Waals surface area contributed by atoms with Crippen LogP contribution >= 0.6 is 15.9 Å². The average molecular weight is 312 g/mol. The summed E-state index contributed by atoms with van der Waals surface area (Å²) in [6.45, 7) is 5.92. The van der Waals surface area contributed by atoms with Crippen LogP contribution in [0.5, 0.6) is 0 Å². The third-order valence-corrected chi connectivity index (χ3v) is 4.04. The Morgan fingerprint density at radius 2 is 2.28 bits per heavy atom. The lowest BCUT2D eigenvalue weighted by Gasteiger charge is -2.27. The summed E-state index contributed by atoms with van der Waals surface area (Å²) in [5.74, 6) is 0. The van der Waals surface area contributed by atoms with E-state index >= 15 is 0 Å². The summed E-state index contributed by atoms with van der Waals surface area (Å²) >= 11 is 3.54. The molecular weight excluding hydrogens is 290 g/mol. The number of aryl methyl sites for hydroxylation is 1. The Bertz CT molecular complexity index is 394. The van der Waals surface area contributed by atoms with E-state index in [0.717, 1.165) is 19.6 Å². The minimum absolute atomic E-state index is 0.307. The molecule has 0 aliphatic heterocycles. The van der Waals surface area contributed by atoms with Gasteiger partial charge >= 0.3 is 0 Å². The van der Waals surface area contributed by atoms with Gasteiger partial charge in [-0.05, 0) is 56.4 Å². The number of ether oxygens (including phenoxy) is 1. The second kappa shape index (κ2) is 6.69. The Morgan fingerprint density at radius 1 is 1.44 bits per heavy atom. The summed E-state index contributed by atoms with van der Waals surface area (Å²) in [6, 6.07) is 7.25. The van der Waals surface area contributed by atoms with Gasteiger partial charge < -0.3 is 10.1 Å². The van der Waals surface area contributed by atoms with Gasteiger partial charge in [-0.25, -0.2) is 0 Å². The molecule has 0 radical (unpaired) electrons. The lowest BCUT2D eigenvalue weighted by molar-refractivity contribution is 0.0735. The summed E-state index contributed by atoms with van der Waals surface area (Å²) in [4.78, 5) is 0. The number of hydrogen-bond acceptors (Lipinski definition) is 2. The highest BCUT2D eigenvalue weighted by molar-refractivity contribution is 9.10. The van der Waals surface area contributed by atoms with E-state index in [1.54, 1.807) is 0 Å². The third kappa shape index (κ3) is 3.81. The first kappa shape index (κ1) is 14.0. The van der Waals surface area contributed by atoms with Crippen molar-refractivity contribution in [2.24, 2.45) is 0 Å². The second-order valence-corrected chi connectivity index (χ2v) is 5.94. The van der Waals surface area contributed by atoms with Gasteiger partial charge in [-0.1, -0.05) is 22.0 Å². The molecule has 2 unspecified atom stereocenters. The number of hydrogen-bond donors (Lipinski definition) is 1. The maximum atomic E-state index is 5.55. The van der Waals surface area contributed by atoms with Crippen molar-refractivity contribution in [3.05, 3.63) is 33.8 Å². The van der Waals surface area contributed by atoms with Crippen LogP contribution in [0.15, 0.2) is 22.7 Å². The number of fused-ring (bicyclic) bond motifs is 1. The molecule has 1 aliphatic rings. The number of nitrogens with one attached hydrogen (secondary N) is 1. The van der Waals surface area contributed by atoms with Crippen molar-refractivity contribution in [3.8, 4) is 0 Å². The Balaban J connectivity index is 1.86. The molecule has 2 rings (SSSR count). The minimum atomic E-state index is 0.307. The smallest absolute Gasteiger partial charge is 0.0671 e. The second-order valence-electron chi connectivity index (χ2n) is 5.03. The normalized spacial score (nSPS) is 20.5. The summed E-state index contributed by atoms with van der Waals surface area (Å²) < 4.78 is 6.74. The standard InChI is InChI=1S/C15H22BrNO/c1-3-18-11(2)10-17-15-7-5-12-8-14(16)6-4-13(12)9-15/h4,6,8,11,15,17H,3,5,7,9-10H2,1-2H3. The average Bonchev–Trinajstić information content (AvgIpc) is 2.36. The van der Waals surface area contributed by atoms with Crippen LogP contribution in [-0.4, -0.2) is 25.3 Å². The first-order chi connectivity index (χ1) is 8.69. The van der Waals surface area contributed by atoms with Crippen LogP contribution in [0.3, 0.4) is 0 Å². The molecule has 3 heteroatoms. The predicted molar refractivity (Wildman–Crippen MR) is 79.0 cm³/mol. The van der Waals surface area contributed by atoms with Crippen LogP contribution in [-0.2, 0) is 17.6 Å². The van der Waals surface area contributed by atoms with Crippen LogP contribution < -0.4 is 5.32 Å². The lowest BCUT2D eigenvalue weighted by atomic mass is 9.88. The Kier molecular flexibility index (Phi) is 5.22. The van der Waals surface area contributed by atoms with Gasteiger partial charge in [-0.15, -0.1) is 0 Å². The molecule has 0 amide bonds. The van der Waals surface area contributed by atoms with Gasteiger partial charge in [0.05, 0.1) is 6.10 Å². The van der Waals surface area contributed by atoms with E-state index in [4.69, 9.17) is 4.74 Å². The van der Waals surface area contributed by atoms with Gasteiger partial charge in [0, 0.05) is 23.7 Å². The molecule has 1 aliphatic carbocycles. The third-order valence-electron chi connectivity index (χ3n) is 3.54. The van der Waals surface area contributed by atoms with E-state index in [1.165, 1.54) is 28.4 Å². The fraction of sp³-hybridized carbons (Fsp3) is 0.600. The van der Waals surface area contributed by atoms with Crippen molar-refractivity contribution in [2.75, 3.05) is 13.2 Å². The fourth-order valence-corrected chi connectivity index (χ4v) is 2.98. The number of rotatable bonds is 5. The molecule has 0 spiro atoms. The topological polar surface area (TPSA) is 21.3 Å². The highest BCUT2D eigenvalue weighted by Crippen LogP contribution is 2.24. The quantitative estimate of drug-likeness (QED) is 0.900.